The summed E-state index contributed by atoms with van der Waals surface area (Å²) in [5, 5.41) is 5.01. The van der Waals surface area contributed by atoms with Gasteiger partial charge in [0, 0.05) is 17.1 Å². The van der Waals surface area contributed by atoms with Gasteiger partial charge in [0.05, 0.1) is 16.4 Å². The third-order valence-corrected chi connectivity index (χ3v) is 3.01. The first-order chi connectivity index (χ1) is 7.22. The molecule has 1 aromatic heterocycles. The van der Waals surface area contributed by atoms with Gasteiger partial charge in [-0.3, -0.25) is 4.68 Å². The number of aromatic nitrogens is 2. The van der Waals surface area contributed by atoms with Gasteiger partial charge in [0.15, 0.2) is 0 Å². The molecule has 0 amide bonds. The van der Waals surface area contributed by atoms with Crippen LogP contribution < -0.4 is 0 Å². The van der Waals surface area contributed by atoms with Gasteiger partial charge in [0.2, 0.25) is 0 Å². The van der Waals surface area contributed by atoms with Crippen LogP contribution in [-0.2, 0) is 6.54 Å². The van der Waals surface area contributed by atoms with Crippen molar-refractivity contribution in [2.75, 3.05) is 0 Å². The summed E-state index contributed by atoms with van der Waals surface area (Å²) in [7, 11) is 0. The summed E-state index contributed by atoms with van der Waals surface area (Å²) in [6.07, 6.45) is 1.81. The molecule has 0 saturated heterocycles. The van der Waals surface area contributed by atoms with Crippen molar-refractivity contribution < 1.29 is 0 Å². The van der Waals surface area contributed by atoms with E-state index in [0.717, 1.165) is 27.3 Å². The summed E-state index contributed by atoms with van der Waals surface area (Å²) in [6, 6.07) is 7.78. The van der Waals surface area contributed by atoms with Gasteiger partial charge in [-0.25, -0.2) is 0 Å². The molecule has 2 nitrogen and oxygen atoms in total. The molecule has 1 aromatic carbocycles. The van der Waals surface area contributed by atoms with Crippen molar-refractivity contribution in [1.82, 2.24) is 9.78 Å². The van der Waals surface area contributed by atoms with E-state index in [2.05, 4.69) is 28.0 Å². The molecule has 0 spiro atoms. The van der Waals surface area contributed by atoms with Crippen molar-refractivity contribution >= 4 is 27.5 Å². The number of aryl methyl sites for hydroxylation is 1. The fourth-order valence-electron chi connectivity index (χ4n) is 1.53. The summed E-state index contributed by atoms with van der Waals surface area (Å²) in [5.74, 6) is 0. The lowest BCUT2D eigenvalue weighted by molar-refractivity contribution is 0.667. The molecule has 2 aromatic rings. The second kappa shape index (κ2) is 4.37. The van der Waals surface area contributed by atoms with Gasteiger partial charge >= 0.3 is 0 Å². The van der Waals surface area contributed by atoms with Crippen LogP contribution in [0.5, 0.6) is 0 Å². The van der Waals surface area contributed by atoms with Gasteiger partial charge in [0.25, 0.3) is 0 Å². The maximum atomic E-state index is 5.96. The minimum absolute atomic E-state index is 0.739. The maximum absolute atomic E-state index is 5.96. The third kappa shape index (κ3) is 2.08. The summed E-state index contributed by atoms with van der Waals surface area (Å²) < 4.78 is 2.93. The first-order valence-electron chi connectivity index (χ1n) is 4.69. The van der Waals surface area contributed by atoms with Crippen molar-refractivity contribution in [3.63, 3.8) is 0 Å². The van der Waals surface area contributed by atoms with Gasteiger partial charge in [-0.2, -0.15) is 5.10 Å². The van der Waals surface area contributed by atoms with E-state index in [1.54, 1.807) is 6.20 Å². The predicted molar refractivity (Wildman–Crippen MR) is 66.0 cm³/mol. The molecule has 0 aliphatic rings. The SMILES string of the molecule is CCn1ncc(Br)c1-c1cccc(Cl)c1. The van der Waals surface area contributed by atoms with Gasteiger partial charge in [-0.15, -0.1) is 0 Å². The molecule has 0 atom stereocenters. The summed E-state index contributed by atoms with van der Waals surface area (Å²) in [5.41, 5.74) is 2.15. The van der Waals surface area contributed by atoms with Crippen LogP contribution in [0.4, 0.5) is 0 Å². The predicted octanol–water partition coefficient (Wildman–Crippen LogP) is 3.99. The lowest BCUT2D eigenvalue weighted by Crippen LogP contribution is -1.98. The van der Waals surface area contributed by atoms with Gasteiger partial charge in [-0.1, -0.05) is 23.7 Å². The summed E-state index contributed by atoms with van der Waals surface area (Å²) >= 11 is 9.46. The molecule has 2 rings (SSSR count). The fourth-order valence-corrected chi connectivity index (χ4v) is 2.24. The van der Waals surface area contributed by atoms with E-state index in [-0.39, 0.29) is 0 Å². The van der Waals surface area contributed by atoms with E-state index in [1.807, 2.05) is 28.9 Å². The Morgan fingerprint density at radius 3 is 2.93 bits per heavy atom. The normalized spacial score (nSPS) is 10.6. The number of hydrogen-bond acceptors (Lipinski definition) is 1. The zero-order chi connectivity index (χ0) is 10.8. The average Bonchev–Trinajstić information content (AvgIpc) is 2.59. The van der Waals surface area contributed by atoms with E-state index in [4.69, 9.17) is 11.6 Å². The van der Waals surface area contributed by atoms with E-state index in [1.165, 1.54) is 0 Å². The second-order valence-corrected chi connectivity index (χ2v) is 4.46. The highest BCUT2D eigenvalue weighted by molar-refractivity contribution is 9.10. The lowest BCUT2D eigenvalue weighted by Gasteiger charge is -2.05. The Hall–Kier alpha value is -0.800. The molecule has 0 saturated carbocycles. The first-order valence-corrected chi connectivity index (χ1v) is 5.86. The Morgan fingerprint density at radius 2 is 2.27 bits per heavy atom. The van der Waals surface area contributed by atoms with E-state index < -0.39 is 0 Å². The first kappa shape index (κ1) is 10.7. The molecule has 0 aliphatic carbocycles. The van der Waals surface area contributed by atoms with Crippen LogP contribution in [0.2, 0.25) is 5.02 Å². The van der Waals surface area contributed by atoms with E-state index >= 15 is 0 Å². The Labute approximate surface area is 102 Å². The minimum atomic E-state index is 0.739. The van der Waals surface area contributed by atoms with Crippen LogP contribution in [0, 0.1) is 0 Å². The van der Waals surface area contributed by atoms with Crippen molar-refractivity contribution in [1.29, 1.82) is 0 Å². The molecular weight excluding hydrogens is 275 g/mol. The Kier molecular flexibility index (Phi) is 3.12. The van der Waals surface area contributed by atoms with Crippen LogP contribution in [0.15, 0.2) is 34.9 Å². The Bertz CT molecular complexity index is 479. The van der Waals surface area contributed by atoms with Crippen molar-refractivity contribution in [2.45, 2.75) is 13.5 Å². The molecule has 15 heavy (non-hydrogen) atoms. The molecule has 0 fully saturated rings. The van der Waals surface area contributed by atoms with E-state index in [0.29, 0.717) is 0 Å². The standard InChI is InChI=1S/C11H10BrClN2/c1-2-15-11(10(12)7-14-15)8-4-3-5-9(13)6-8/h3-7H,2H2,1H3. The molecule has 78 valence electrons. The summed E-state index contributed by atoms with van der Waals surface area (Å²) in [4.78, 5) is 0. The zero-order valence-electron chi connectivity index (χ0n) is 8.24. The highest BCUT2D eigenvalue weighted by Gasteiger charge is 2.09. The molecule has 0 N–H and O–H groups in total. The highest BCUT2D eigenvalue weighted by Crippen LogP contribution is 2.29. The van der Waals surface area contributed by atoms with Crippen LogP contribution in [0.25, 0.3) is 11.3 Å². The summed E-state index contributed by atoms with van der Waals surface area (Å²) in [6.45, 7) is 2.90. The van der Waals surface area contributed by atoms with Gasteiger partial charge < -0.3 is 0 Å². The van der Waals surface area contributed by atoms with Crippen LogP contribution in [-0.4, -0.2) is 9.78 Å². The number of rotatable bonds is 2. The van der Waals surface area contributed by atoms with Crippen molar-refractivity contribution in [2.24, 2.45) is 0 Å². The maximum Gasteiger partial charge on any atom is 0.0824 e. The average molecular weight is 286 g/mol. The molecule has 0 radical (unpaired) electrons. The van der Waals surface area contributed by atoms with E-state index in [9.17, 15) is 0 Å². The zero-order valence-corrected chi connectivity index (χ0v) is 10.6. The number of nitrogens with zero attached hydrogens (tertiary/aromatic N) is 2. The second-order valence-electron chi connectivity index (χ2n) is 3.17. The van der Waals surface area contributed by atoms with Crippen molar-refractivity contribution in [3.05, 3.63) is 40.0 Å². The number of halogens is 2. The Morgan fingerprint density at radius 1 is 1.47 bits per heavy atom. The molecule has 0 bridgehead atoms. The van der Waals surface area contributed by atoms with Crippen molar-refractivity contribution in [3.8, 4) is 11.3 Å². The quantitative estimate of drug-likeness (QED) is 0.816. The van der Waals surface area contributed by atoms with Crippen LogP contribution in [0.1, 0.15) is 6.92 Å². The smallest absolute Gasteiger partial charge is 0.0824 e. The molecule has 4 heteroatoms. The molecule has 1 heterocycles. The number of hydrogen-bond donors (Lipinski definition) is 0. The minimum Gasteiger partial charge on any atom is -0.264 e. The van der Waals surface area contributed by atoms with Crippen LogP contribution in [0.3, 0.4) is 0 Å². The monoisotopic (exact) mass is 284 g/mol. The lowest BCUT2D eigenvalue weighted by atomic mass is 10.1. The van der Waals surface area contributed by atoms with Gasteiger partial charge in [0.1, 0.15) is 0 Å². The van der Waals surface area contributed by atoms with Crippen LogP contribution >= 0.6 is 27.5 Å². The highest BCUT2D eigenvalue weighted by atomic mass is 79.9. The molecule has 0 unspecified atom stereocenters. The molecular formula is C11H10BrClN2. The third-order valence-electron chi connectivity index (χ3n) is 2.19. The number of benzene rings is 1. The molecule has 0 aliphatic heterocycles. The topological polar surface area (TPSA) is 17.8 Å². The fraction of sp³-hybridized carbons (Fsp3) is 0.182. The van der Waals surface area contributed by atoms with Gasteiger partial charge in [-0.05, 0) is 35.0 Å². The largest absolute Gasteiger partial charge is 0.264 e. The Balaban J connectivity index is 2.57.